The number of aryl methyl sites for hydroxylation is 1. The molecule has 1 heterocycles. The maximum Gasteiger partial charge on any atom is 0.227 e. The van der Waals surface area contributed by atoms with Crippen molar-refractivity contribution >= 4 is 11.6 Å². The molecule has 0 radical (unpaired) electrons. The number of rotatable bonds is 6. The van der Waals surface area contributed by atoms with E-state index in [4.69, 9.17) is 4.74 Å². The first kappa shape index (κ1) is 20.7. The number of aromatic amines is 1. The van der Waals surface area contributed by atoms with Crippen molar-refractivity contribution in [3.63, 3.8) is 0 Å². The van der Waals surface area contributed by atoms with E-state index in [9.17, 15) is 4.79 Å². The molecule has 0 spiro atoms. The first-order valence-corrected chi connectivity index (χ1v) is 11.5. The lowest BCUT2D eigenvalue weighted by atomic mass is 9.85. The second-order valence-corrected chi connectivity index (χ2v) is 9.09. The molecule has 2 N–H and O–H groups in total. The Balaban J connectivity index is 1.38. The fraction of sp³-hybridized carbons (Fsp3) is 0.440. The Kier molecular flexibility index (Phi) is 5.64. The van der Waals surface area contributed by atoms with E-state index in [1.807, 2.05) is 37.3 Å². The molecule has 0 aliphatic heterocycles. The molecular weight excluding hydrogens is 402 g/mol. The summed E-state index contributed by atoms with van der Waals surface area (Å²) in [4.78, 5) is 12.9. The zero-order valence-corrected chi connectivity index (χ0v) is 18.6. The first-order chi connectivity index (χ1) is 15.6. The number of tetrazole rings is 1. The zero-order chi connectivity index (χ0) is 22.1. The van der Waals surface area contributed by atoms with E-state index in [0.717, 1.165) is 46.0 Å². The highest BCUT2D eigenvalue weighted by molar-refractivity contribution is 5.96. The molecule has 0 saturated heterocycles. The Hall–Kier alpha value is -3.22. The van der Waals surface area contributed by atoms with Crippen molar-refractivity contribution in [1.29, 1.82) is 0 Å². The molecule has 2 aliphatic rings. The van der Waals surface area contributed by atoms with Crippen LogP contribution in [-0.4, -0.2) is 33.6 Å². The monoisotopic (exact) mass is 431 g/mol. The van der Waals surface area contributed by atoms with Gasteiger partial charge in [-0.2, -0.15) is 0 Å². The van der Waals surface area contributed by atoms with Gasteiger partial charge in [0.2, 0.25) is 5.91 Å². The first-order valence-electron chi connectivity index (χ1n) is 11.5. The lowest BCUT2D eigenvalue weighted by molar-refractivity contribution is -0.117. The van der Waals surface area contributed by atoms with E-state index < -0.39 is 0 Å². The Morgan fingerprint density at radius 2 is 1.94 bits per heavy atom. The molecule has 7 nitrogen and oxygen atoms in total. The van der Waals surface area contributed by atoms with E-state index in [-0.39, 0.29) is 11.8 Å². The Morgan fingerprint density at radius 1 is 1.09 bits per heavy atom. The van der Waals surface area contributed by atoms with Crippen LogP contribution in [-0.2, 0) is 4.79 Å². The number of hydrogen-bond acceptors (Lipinski definition) is 5. The number of nitrogens with zero attached hydrogens (tertiary/aromatic N) is 3. The highest BCUT2D eigenvalue weighted by Crippen LogP contribution is 2.49. The van der Waals surface area contributed by atoms with Crippen LogP contribution < -0.4 is 10.1 Å². The Labute approximate surface area is 188 Å². The van der Waals surface area contributed by atoms with Gasteiger partial charge in [-0.3, -0.25) is 4.79 Å². The number of nitrogens with one attached hydrogen (secondary N) is 2. The van der Waals surface area contributed by atoms with E-state index in [2.05, 4.69) is 32.0 Å². The second-order valence-electron chi connectivity index (χ2n) is 9.09. The van der Waals surface area contributed by atoms with Gasteiger partial charge < -0.3 is 10.1 Å². The molecule has 0 unspecified atom stereocenters. The van der Waals surface area contributed by atoms with Crippen LogP contribution in [0.4, 0.5) is 5.69 Å². The largest absolute Gasteiger partial charge is 0.496 e. The van der Waals surface area contributed by atoms with Crippen molar-refractivity contribution in [3.8, 4) is 28.3 Å². The van der Waals surface area contributed by atoms with Crippen molar-refractivity contribution < 1.29 is 9.53 Å². The molecule has 3 aromatic rings. The fourth-order valence-electron chi connectivity index (χ4n) is 5.22. The molecule has 32 heavy (non-hydrogen) atoms. The number of aromatic nitrogens is 4. The summed E-state index contributed by atoms with van der Waals surface area (Å²) in [5.41, 5.74) is 4.68. The second kappa shape index (κ2) is 8.73. The normalized spacial score (nSPS) is 20.7. The maximum absolute atomic E-state index is 12.9. The number of benzene rings is 2. The van der Waals surface area contributed by atoms with Crippen molar-refractivity contribution in [2.45, 2.75) is 45.4 Å². The summed E-state index contributed by atoms with van der Waals surface area (Å²) in [5, 5.41) is 17.6. The standard InChI is InChI=1S/C25H29N5O2/c1-15-12-17(8-11-23(15)32-2)19-10-9-18(13-21(19)24-27-29-30-28-24)26-25(31)22-14-20(22)16-6-4-3-5-7-16/h8-13,16,20,22H,3-7,14H2,1-2H3,(H,26,31)(H,27,28,29,30)/t20-,22+/m0/s1. The average molecular weight is 432 g/mol. The van der Waals surface area contributed by atoms with Crippen LogP contribution >= 0.6 is 0 Å². The molecule has 1 aromatic heterocycles. The van der Waals surface area contributed by atoms with Crippen LogP contribution in [0, 0.1) is 24.7 Å². The number of amides is 1. The van der Waals surface area contributed by atoms with Crippen molar-refractivity contribution in [1.82, 2.24) is 20.6 Å². The van der Waals surface area contributed by atoms with Crippen LogP contribution in [0.3, 0.4) is 0 Å². The van der Waals surface area contributed by atoms with Gasteiger partial charge in [-0.05, 0) is 76.6 Å². The summed E-state index contributed by atoms with van der Waals surface area (Å²) in [6.45, 7) is 2.02. The number of ether oxygens (including phenoxy) is 1. The topological polar surface area (TPSA) is 92.8 Å². The van der Waals surface area contributed by atoms with Gasteiger partial charge in [-0.25, -0.2) is 5.10 Å². The predicted molar refractivity (Wildman–Crippen MR) is 123 cm³/mol. The predicted octanol–water partition coefficient (Wildman–Crippen LogP) is 5.01. The van der Waals surface area contributed by atoms with Gasteiger partial charge in [-0.1, -0.05) is 44.2 Å². The summed E-state index contributed by atoms with van der Waals surface area (Å²) in [7, 11) is 1.67. The fourth-order valence-corrected chi connectivity index (χ4v) is 5.22. The van der Waals surface area contributed by atoms with Gasteiger partial charge in [0.25, 0.3) is 0 Å². The molecule has 5 rings (SSSR count). The summed E-state index contributed by atoms with van der Waals surface area (Å²) in [5.74, 6) is 2.99. The van der Waals surface area contributed by atoms with Gasteiger partial charge in [0.05, 0.1) is 7.11 Å². The van der Waals surface area contributed by atoms with Crippen molar-refractivity contribution in [3.05, 3.63) is 42.0 Å². The summed E-state index contributed by atoms with van der Waals surface area (Å²) in [6, 6.07) is 12.0. The Bertz CT molecular complexity index is 1110. The molecule has 7 heteroatoms. The molecule has 2 aromatic carbocycles. The van der Waals surface area contributed by atoms with Crippen molar-refractivity contribution in [2.75, 3.05) is 12.4 Å². The van der Waals surface area contributed by atoms with Crippen LogP contribution in [0.2, 0.25) is 0 Å². The van der Waals surface area contributed by atoms with E-state index in [0.29, 0.717) is 11.7 Å². The quantitative estimate of drug-likeness (QED) is 0.573. The molecule has 2 fully saturated rings. The molecule has 2 aliphatic carbocycles. The number of H-pyrrole nitrogens is 1. The maximum atomic E-state index is 12.9. The molecular formula is C25H29N5O2. The van der Waals surface area contributed by atoms with Gasteiger partial charge in [-0.15, -0.1) is 5.10 Å². The molecule has 2 atom stereocenters. The minimum atomic E-state index is 0.135. The molecule has 166 valence electrons. The van der Waals surface area contributed by atoms with Crippen molar-refractivity contribution in [2.24, 2.45) is 17.8 Å². The number of hydrogen-bond donors (Lipinski definition) is 2. The minimum Gasteiger partial charge on any atom is -0.496 e. The lowest BCUT2D eigenvalue weighted by Crippen LogP contribution is -2.18. The lowest BCUT2D eigenvalue weighted by Gasteiger charge is -2.21. The van der Waals surface area contributed by atoms with E-state index in [1.165, 1.54) is 32.1 Å². The van der Waals surface area contributed by atoms with Crippen LogP contribution in [0.25, 0.3) is 22.5 Å². The SMILES string of the molecule is COc1ccc(-c2ccc(NC(=O)[C@@H]3C[C@H]3C3CCCCC3)cc2-c2nnn[nH]2)cc1C. The number of carbonyl (C=O) groups is 1. The van der Waals surface area contributed by atoms with E-state index in [1.54, 1.807) is 7.11 Å². The zero-order valence-electron chi connectivity index (χ0n) is 18.6. The molecule has 1 amide bonds. The van der Waals surface area contributed by atoms with Crippen LogP contribution in [0.1, 0.15) is 44.1 Å². The van der Waals surface area contributed by atoms with Gasteiger partial charge in [0.15, 0.2) is 5.82 Å². The van der Waals surface area contributed by atoms with Crippen LogP contribution in [0.15, 0.2) is 36.4 Å². The highest BCUT2D eigenvalue weighted by atomic mass is 16.5. The summed E-state index contributed by atoms with van der Waals surface area (Å²) >= 11 is 0. The highest BCUT2D eigenvalue weighted by Gasteiger charge is 2.47. The number of methoxy groups -OCH3 is 1. The molecule has 2 saturated carbocycles. The van der Waals surface area contributed by atoms with Crippen LogP contribution in [0.5, 0.6) is 5.75 Å². The molecule has 0 bridgehead atoms. The van der Waals surface area contributed by atoms with E-state index >= 15 is 0 Å². The third-order valence-corrected chi connectivity index (χ3v) is 7.03. The average Bonchev–Trinajstić information content (AvgIpc) is 3.44. The van der Waals surface area contributed by atoms with Gasteiger partial charge in [0, 0.05) is 17.2 Å². The number of anilines is 1. The third-order valence-electron chi connectivity index (χ3n) is 7.03. The number of carbonyl (C=O) groups excluding carboxylic acids is 1. The smallest absolute Gasteiger partial charge is 0.227 e. The summed E-state index contributed by atoms with van der Waals surface area (Å²) < 4.78 is 5.40. The Morgan fingerprint density at radius 3 is 2.66 bits per heavy atom. The third kappa shape index (κ3) is 4.11. The van der Waals surface area contributed by atoms with Gasteiger partial charge in [0.1, 0.15) is 5.75 Å². The van der Waals surface area contributed by atoms with Gasteiger partial charge >= 0.3 is 0 Å². The minimum absolute atomic E-state index is 0.135. The summed E-state index contributed by atoms with van der Waals surface area (Å²) in [6.07, 6.45) is 7.57.